The fourth-order valence-electron chi connectivity index (χ4n) is 1.94. The summed E-state index contributed by atoms with van der Waals surface area (Å²) in [5.74, 6) is -1.19. The molecule has 0 amide bonds. The van der Waals surface area contributed by atoms with Crippen molar-refractivity contribution in [1.29, 1.82) is 0 Å². The summed E-state index contributed by atoms with van der Waals surface area (Å²) in [5.41, 5.74) is 5.32. The number of nitrogens with two attached hydrogens (primary N) is 1. The Balaban J connectivity index is 3.19. The Hall–Kier alpha value is -1.00. The van der Waals surface area contributed by atoms with Gasteiger partial charge in [0.05, 0.1) is 5.60 Å². The quantitative estimate of drug-likeness (QED) is 0.842. The van der Waals surface area contributed by atoms with Crippen LogP contribution >= 0.6 is 0 Å². The zero-order valence-electron chi connectivity index (χ0n) is 9.59. The van der Waals surface area contributed by atoms with Crippen molar-refractivity contribution in [1.82, 2.24) is 0 Å². The molecule has 1 aromatic rings. The monoisotopic (exact) mass is 229 g/mol. The van der Waals surface area contributed by atoms with Gasteiger partial charge in [-0.05, 0) is 37.1 Å². The molecule has 4 heteroatoms. The van der Waals surface area contributed by atoms with Crippen LogP contribution in [0.25, 0.3) is 0 Å². The summed E-state index contributed by atoms with van der Waals surface area (Å²) in [5, 5.41) is 0. The summed E-state index contributed by atoms with van der Waals surface area (Å²) in [6.07, 6.45) is 1.15. The molecular weight excluding hydrogens is 212 g/mol. The zero-order chi connectivity index (χ0) is 12.2. The Morgan fingerprint density at radius 2 is 1.81 bits per heavy atom. The lowest BCUT2D eigenvalue weighted by atomic mass is 9.87. The topological polar surface area (TPSA) is 35.2 Å². The van der Waals surface area contributed by atoms with E-state index in [1.807, 2.05) is 6.92 Å². The summed E-state index contributed by atoms with van der Waals surface area (Å²) in [4.78, 5) is 0. The van der Waals surface area contributed by atoms with E-state index in [1.165, 1.54) is 19.2 Å². The molecule has 0 aliphatic carbocycles. The van der Waals surface area contributed by atoms with E-state index in [1.54, 1.807) is 0 Å². The van der Waals surface area contributed by atoms with Gasteiger partial charge in [0.2, 0.25) is 0 Å². The maximum Gasteiger partial charge on any atom is 0.126 e. The third-order valence-electron chi connectivity index (χ3n) is 2.90. The smallest absolute Gasteiger partial charge is 0.126 e. The molecule has 0 fully saturated rings. The molecule has 16 heavy (non-hydrogen) atoms. The first-order valence-corrected chi connectivity index (χ1v) is 5.29. The molecule has 2 N–H and O–H groups in total. The lowest BCUT2D eigenvalue weighted by molar-refractivity contribution is -0.0240. The highest BCUT2D eigenvalue weighted by Gasteiger charge is 2.30. The number of hydrogen-bond donors (Lipinski definition) is 1. The van der Waals surface area contributed by atoms with Crippen molar-refractivity contribution >= 4 is 0 Å². The lowest BCUT2D eigenvalue weighted by Gasteiger charge is -2.31. The van der Waals surface area contributed by atoms with E-state index in [2.05, 4.69) is 0 Å². The van der Waals surface area contributed by atoms with E-state index < -0.39 is 17.2 Å². The summed E-state index contributed by atoms with van der Waals surface area (Å²) < 4.78 is 31.7. The molecule has 90 valence electrons. The van der Waals surface area contributed by atoms with Crippen LogP contribution in [0.3, 0.4) is 0 Å². The molecule has 0 saturated heterocycles. The second-order valence-corrected chi connectivity index (χ2v) is 3.75. The van der Waals surface area contributed by atoms with E-state index in [-0.39, 0.29) is 0 Å². The van der Waals surface area contributed by atoms with Crippen LogP contribution in [0.2, 0.25) is 0 Å². The van der Waals surface area contributed by atoms with Gasteiger partial charge in [0, 0.05) is 13.2 Å². The largest absolute Gasteiger partial charge is 0.373 e. The predicted octanol–water partition coefficient (Wildman–Crippen LogP) is 2.57. The fourth-order valence-corrected chi connectivity index (χ4v) is 1.94. The molecule has 0 spiro atoms. The maximum absolute atomic E-state index is 13.1. The van der Waals surface area contributed by atoms with Crippen LogP contribution in [0.15, 0.2) is 18.2 Å². The van der Waals surface area contributed by atoms with E-state index in [9.17, 15) is 8.78 Å². The first-order chi connectivity index (χ1) is 7.57. The Kier molecular flexibility index (Phi) is 4.38. The van der Waals surface area contributed by atoms with Crippen LogP contribution in [0.5, 0.6) is 0 Å². The van der Waals surface area contributed by atoms with Crippen LogP contribution in [0, 0.1) is 11.6 Å². The molecule has 1 unspecified atom stereocenters. The van der Waals surface area contributed by atoms with Gasteiger partial charge in [-0.3, -0.25) is 0 Å². The van der Waals surface area contributed by atoms with Gasteiger partial charge in [0.25, 0.3) is 0 Å². The number of benzene rings is 1. The predicted molar refractivity (Wildman–Crippen MR) is 59.0 cm³/mol. The molecule has 0 saturated carbocycles. The Morgan fingerprint density at radius 1 is 1.25 bits per heavy atom. The number of halogens is 2. The summed E-state index contributed by atoms with van der Waals surface area (Å²) in [6, 6.07) is 3.44. The highest BCUT2D eigenvalue weighted by Crippen LogP contribution is 2.32. The van der Waals surface area contributed by atoms with Gasteiger partial charge < -0.3 is 10.5 Å². The van der Waals surface area contributed by atoms with Crippen LogP contribution in [-0.2, 0) is 10.3 Å². The van der Waals surface area contributed by atoms with Gasteiger partial charge >= 0.3 is 0 Å². The number of hydrogen-bond acceptors (Lipinski definition) is 2. The molecule has 0 aliphatic heterocycles. The van der Waals surface area contributed by atoms with Crippen LogP contribution in [-0.4, -0.2) is 13.7 Å². The zero-order valence-corrected chi connectivity index (χ0v) is 9.59. The second kappa shape index (κ2) is 5.37. The second-order valence-electron chi connectivity index (χ2n) is 3.75. The number of rotatable bonds is 5. The third kappa shape index (κ3) is 2.57. The van der Waals surface area contributed by atoms with Crippen LogP contribution in [0.1, 0.15) is 25.3 Å². The fraction of sp³-hybridized carbons (Fsp3) is 0.500. The summed E-state index contributed by atoms with van der Waals surface area (Å²) in [6.45, 7) is 2.31. The Labute approximate surface area is 94.4 Å². The molecule has 0 radical (unpaired) electrons. The Morgan fingerprint density at radius 3 is 2.19 bits per heavy atom. The molecule has 0 aromatic heterocycles. The van der Waals surface area contributed by atoms with Gasteiger partial charge in [-0.25, -0.2) is 8.78 Å². The third-order valence-corrected chi connectivity index (χ3v) is 2.90. The van der Waals surface area contributed by atoms with Crippen LogP contribution in [0.4, 0.5) is 8.78 Å². The molecule has 2 nitrogen and oxygen atoms in total. The van der Waals surface area contributed by atoms with Crippen molar-refractivity contribution in [3.8, 4) is 0 Å². The molecule has 0 aliphatic rings. The first kappa shape index (κ1) is 13.1. The molecule has 1 aromatic carbocycles. The van der Waals surface area contributed by atoms with Gasteiger partial charge in [-0.1, -0.05) is 6.92 Å². The standard InChI is InChI=1S/C12H17F2NO/c1-3-12(16-2,4-5-15)9-6-10(13)8-11(14)7-9/h6-8H,3-5,15H2,1-2H3. The van der Waals surface area contributed by atoms with Gasteiger partial charge in [-0.2, -0.15) is 0 Å². The first-order valence-electron chi connectivity index (χ1n) is 5.29. The Bertz CT molecular complexity index is 331. The van der Waals surface area contributed by atoms with Crippen molar-refractivity contribution in [3.05, 3.63) is 35.4 Å². The normalized spacial score (nSPS) is 14.8. The van der Waals surface area contributed by atoms with Crippen molar-refractivity contribution in [2.75, 3.05) is 13.7 Å². The number of ether oxygens (including phenoxy) is 1. The van der Waals surface area contributed by atoms with Crippen LogP contribution < -0.4 is 5.73 Å². The van der Waals surface area contributed by atoms with Crippen molar-refractivity contribution in [2.24, 2.45) is 5.73 Å². The van der Waals surface area contributed by atoms with Gasteiger partial charge in [0.15, 0.2) is 0 Å². The number of methoxy groups -OCH3 is 1. The van der Waals surface area contributed by atoms with E-state index in [0.29, 0.717) is 24.9 Å². The molecular formula is C12H17F2NO. The maximum atomic E-state index is 13.1. The average molecular weight is 229 g/mol. The molecule has 0 bridgehead atoms. The van der Waals surface area contributed by atoms with Gasteiger partial charge in [0.1, 0.15) is 11.6 Å². The highest BCUT2D eigenvalue weighted by molar-refractivity contribution is 5.24. The minimum atomic E-state index is -0.697. The highest BCUT2D eigenvalue weighted by atomic mass is 19.1. The van der Waals surface area contributed by atoms with Crippen molar-refractivity contribution in [3.63, 3.8) is 0 Å². The van der Waals surface area contributed by atoms with E-state index >= 15 is 0 Å². The minimum Gasteiger partial charge on any atom is -0.373 e. The molecule has 0 heterocycles. The lowest BCUT2D eigenvalue weighted by Crippen LogP contribution is -2.31. The van der Waals surface area contributed by atoms with E-state index in [0.717, 1.165) is 6.07 Å². The van der Waals surface area contributed by atoms with Crippen molar-refractivity contribution < 1.29 is 13.5 Å². The summed E-state index contributed by atoms with van der Waals surface area (Å²) >= 11 is 0. The SMILES string of the molecule is CCC(CCN)(OC)c1cc(F)cc(F)c1. The van der Waals surface area contributed by atoms with Crippen molar-refractivity contribution in [2.45, 2.75) is 25.4 Å². The molecule has 1 rings (SSSR count). The average Bonchev–Trinajstić information content (AvgIpc) is 2.24. The minimum absolute atomic E-state index is 0.403. The summed E-state index contributed by atoms with van der Waals surface area (Å²) in [7, 11) is 1.53. The van der Waals surface area contributed by atoms with Gasteiger partial charge in [-0.15, -0.1) is 0 Å². The molecule has 1 atom stereocenters. The van der Waals surface area contributed by atoms with E-state index in [4.69, 9.17) is 10.5 Å².